The number of aromatic amines is 1. The summed E-state index contributed by atoms with van der Waals surface area (Å²) in [5, 5.41) is 12.2. The van der Waals surface area contributed by atoms with Crippen molar-refractivity contribution in [2.75, 3.05) is 7.05 Å². The van der Waals surface area contributed by atoms with Crippen molar-refractivity contribution in [3.63, 3.8) is 0 Å². The van der Waals surface area contributed by atoms with Crippen molar-refractivity contribution in [3.05, 3.63) is 59.5 Å². The van der Waals surface area contributed by atoms with Crippen LogP contribution in [0.25, 0.3) is 28.2 Å². The number of H-pyrrole nitrogens is 1. The highest BCUT2D eigenvalue weighted by atomic mass is 16.2. The Bertz CT molecular complexity index is 1230. The number of fused-ring (bicyclic) bond motifs is 1. The third-order valence-corrected chi connectivity index (χ3v) is 5.97. The molecule has 0 aliphatic carbocycles. The molecule has 0 spiro atoms. The molecule has 4 rings (SSSR count). The van der Waals surface area contributed by atoms with E-state index in [1.807, 2.05) is 27.1 Å². The highest BCUT2D eigenvalue weighted by molar-refractivity contribution is 5.76. The van der Waals surface area contributed by atoms with E-state index in [-0.39, 0.29) is 17.9 Å². The maximum Gasteiger partial charge on any atom is 0.219 e. The first-order valence-corrected chi connectivity index (χ1v) is 10.5. The van der Waals surface area contributed by atoms with Gasteiger partial charge in [-0.2, -0.15) is 10.2 Å². The minimum absolute atomic E-state index is 0.0169. The highest BCUT2D eigenvalue weighted by Crippen LogP contribution is 2.36. The van der Waals surface area contributed by atoms with Crippen molar-refractivity contribution in [2.45, 2.75) is 46.6 Å². The van der Waals surface area contributed by atoms with Crippen LogP contribution < -0.4 is 0 Å². The van der Waals surface area contributed by atoms with Gasteiger partial charge in [0.25, 0.3) is 0 Å². The van der Waals surface area contributed by atoms with Crippen LogP contribution in [0.4, 0.5) is 0 Å². The molecule has 7 heteroatoms. The lowest BCUT2D eigenvalue weighted by Crippen LogP contribution is -2.27. The lowest BCUT2D eigenvalue weighted by atomic mass is 9.93. The summed E-state index contributed by atoms with van der Waals surface area (Å²) in [4.78, 5) is 17.7. The van der Waals surface area contributed by atoms with Crippen molar-refractivity contribution < 1.29 is 4.79 Å². The molecule has 0 fully saturated rings. The molecule has 1 unspecified atom stereocenters. The second kappa shape index (κ2) is 7.98. The standard InChI is InChI=1S/C24H28N6O/c1-14(2)21-22(19-9-7-18(8-10-19)16(4)29(6)17(5)31)27-28-23(21)20-11-15(3)24-25-13-26-30(24)12-20/h7-14,16H,1-6H3,(H,27,28). The molecule has 1 aromatic carbocycles. The fraction of sp³-hybridized carbons (Fsp3) is 0.333. The third-order valence-electron chi connectivity index (χ3n) is 5.97. The highest BCUT2D eigenvalue weighted by Gasteiger charge is 2.21. The predicted molar refractivity (Wildman–Crippen MR) is 122 cm³/mol. The van der Waals surface area contributed by atoms with E-state index in [4.69, 9.17) is 0 Å². The van der Waals surface area contributed by atoms with Crippen LogP contribution >= 0.6 is 0 Å². The molecule has 0 saturated carbocycles. The number of hydrogen-bond donors (Lipinski definition) is 1. The topological polar surface area (TPSA) is 79.2 Å². The molecule has 160 valence electrons. The van der Waals surface area contributed by atoms with Gasteiger partial charge in [0, 0.05) is 36.9 Å². The van der Waals surface area contributed by atoms with Crippen LogP contribution in [0.2, 0.25) is 0 Å². The first kappa shape index (κ1) is 20.8. The molecule has 0 aliphatic rings. The lowest BCUT2D eigenvalue weighted by Gasteiger charge is -2.24. The maximum atomic E-state index is 11.7. The van der Waals surface area contributed by atoms with Gasteiger partial charge in [0.15, 0.2) is 5.65 Å². The molecule has 3 heterocycles. The van der Waals surface area contributed by atoms with Crippen molar-refractivity contribution >= 4 is 11.6 Å². The Labute approximate surface area is 182 Å². The van der Waals surface area contributed by atoms with Gasteiger partial charge in [-0.25, -0.2) is 9.50 Å². The Morgan fingerprint density at radius 3 is 2.48 bits per heavy atom. The van der Waals surface area contributed by atoms with E-state index in [1.54, 1.807) is 22.7 Å². The Balaban J connectivity index is 1.75. The molecular weight excluding hydrogens is 388 g/mol. The summed E-state index contributed by atoms with van der Waals surface area (Å²) in [6.07, 6.45) is 3.56. The number of pyridine rings is 1. The largest absolute Gasteiger partial charge is 0.339 e. The smallest absolute Gasteiger partial charge is 0.219 e. The summed E-state index contributed by atoms with van der Waals surface area (Å²) >= 11 is 0. The summed E-state index contributed by atoms with van der Waals surface area (Å²) in [7, 11) is 1.83. The molecule has 0 radical (unpaired) electrons. The van der Waals surface area contributed by atoms with Crippen LogP contribution in [0.5, 0.6) is 0 Å². The van der Waals surface area contributed by atoms with E-state index in [9.17, 15) is 4.79 Å². The Kier molecular flexibility index (Phi) is 5.35. The van der Waals surface area contributed by atoms with Crippen LogP contribution in [-0.2, 0) is 4.79 Å². The number of aryl methyl sites for hydroxylation is 1. The number of nitrogens with one attached hydrogen (secondary N) is 1. The van der Waals surface area contributed by atoms with Gasteiger partial charge in [-0.3, -0.25) is 9.89 Å². The van der Waals surface area contributed by atoms with Crippen molar-refractivity contribution in [2.24, 2.45) is 0 Å². The number of nitrogens with zero attached hydrogens (tertiary/aromatic N) is 5. The fourth-order valence-electron chi connectivity index (χ4n) is 4.00. The molecule has 4 aromatic rings. The number of carbonyl (C=O) groups is 1. The van der Waals surface area contributed by atoms with Gasteiger partial charge in [-0.1, -0.05) is 38.1 Å². The molecule has 3 aromatic heterocycles. The quantitative estimate of drug-likeness (QED) is 0.509. The molecule has 0 bridgehead atoms. The Hall–Kier alpha value is -3.48. The fourth-order valence-corrected chi connectivity index (χ4v) is 4.00. The summed E-state index contributed by atoms with van der Waals surface area (Å²) in [6, 6.07) is 10.4. The van der Waals surface area contributed by atoms with Gasteiger partial charge in [-0.05, 0) is 37.0 Å². The molecule has 0 aliphatic heterocycles. The van der Waals surface area contributed by atoms with E-state index in [0.717, 1.165) is 39.3 Å². The molecule has 1 atom stereocenters. The van der Waals surface area contributed by atoms with Crippen molar-refractivity contribution in [3.8, 4) is 22.5 Å². The number of amides is 1. The third kappa shape index (κ3) is 3.71. The van der Waals surface area contributed by atoms with Crippen molar-refractivity contribution in [1.29, 1.82) is 0 Å². The zero-order valence-corrected chi connectivity index (χ0v) is 18.8. The summed E-state index contributed by atoms with van der Waals surface area (Å²) in [6.45, 7) is 10.0. The van der Waals surface area contributed by atoms with Crippen LogP contribution in [-0.4, -0.2) is 42.7 Å². The molecule has 1 amide bonds. The average molecular weight is 417 g/mol. The predicted octanol–water partition coefficient (Wildman–Crippen LogP) is 4.76. The van der Waals surface area contributed by atoms with Crippen molar-refractivity contribution in [1.82, 2.24) is 29.7 Å². The van der Waals surface area contributed by atoms with Gasteiger partial charge in [0.05, 0.1) is 17.4 Å². The van der Waals surface area contributed by atoms with Gasteiger partial charge < -0.3 is 4.90 Å². The minimum Gasteiger partial charge on any atom is -0.339 e. The number of rotatable bonds is 5. The normalized spacial score (nSPS) is 12.5. The second-order valence-electron chi connectivity index (χ2n) is 8.38. The first-order valence-electron chi connectivity index (χ1n) is 10.5. The monoisotopic (exact) mass is 416 g/mol. The molecular formula is C24H28N6O. The van der Waals surface area contributed by atoms with Gasteiger partial charge in [0.1, 0.15) is 6.33 Å². The number of carbonyl (C=O) groups excluding carboxylic acids is 1. The van der Waals surface area contributed by atoms with Gasteiger partial charge in [-0.15, -0.1) is 0 Å². The number of benzene rings is 1. The summed E-state index contributed by atoms with van der Waals surface area (Å²) in [5.74, 6) is 0.327. The van der Waals surface area contributed by atoms with Crippen LogP contribution in [0.1, 0.15) is 56.3 Å². The van der Waals surface area contributed by atoms with Gasteiger partial charge in [0.2, 0.25) is 5.91 Å². The zero-order valence-electron chi connectivity index (χ0n) is 18.8. The van der Waals surface area contributed by atoms with E-state index in [0.29, 0.717) is 0 Å². The second-order valence-corrected chi connectivity index (χ2v) is 8.38. The Morgan fingerprint density at radius 2 is 1.84 bits per heavy atom. The lowest BCUT2D eigenvalue weighted by molar-refractivity contribution is -0.129. The van der Waals surface area contributed by atoms with E-state index < -0.39 is 0 Å². The number of hydrogen-bond acceptors (Lipinski definition) is 4. The molecule has 1 N–H and O–H groups in total. The first-order chi connectivity index (χ1) is 14.8. The maximum absolute atomic E-state index is 11.7. The van der Waals surface area contributed by atoms with E-state index in [2.05, 4.69) is 64.5 Å². The molecule has 7 nitrogen and oxygen atoms in total. The molecule has 0 saturated heterocycles. The average Bonchev–Trinajstić information content (AvgIpc) is 3.40. The van der Waals surface area contributed by atoms with E-state index in [1.165, 1.54) is 5.56 Å². The van der Waals surface area contributed by atoms with Crippen LogP contribution in [0, 0.1) is 6.92 Å². The SMILES string of the molecule is CC(=O)N(C)C(C)c1ccc(-c2n[nH]c(-c3cc(C)c4ncnn4c3)c2C(C)C)cc1. The minimum atomic E-state index is 0.0169. The van der Waals surface area contributed by atoms with Gasteiger partial charge >= 0.3 is 0 Å². The number of aromatic nitrogens is 5. The van der Waals surface area contributed by atoms with E-state index >= 15 is 0 Å². The van der Waals surface area contributed by atoms with Crippen LogP contribution in [0.15, 0.2) is 42.9 Å². The summed E-state index contributed by atoms with van der Waals surface area (Å²) < 4.78 is 1.80. The van der Waals surface area contributed by atoms with Crippen LogP contribution in [0.3, 0.4) is 0 Å². The molecule has 31 heavy (non-hydrogen) atoms. The summed E-state index contributed by atoms with van der Waals surface area (Å²) in [5.41, 5.74) is 8.21. The zero-order chi connectivity index (χ0) is 22.3. The Morgan fingerprint density at radius 1 is 1.13 bits per heavy atom.